The number of pyridine rings is 1. The lowest BCUT2D eigenvalue weighted by Gasteiger charge is -2.33. The molecule has 2 atom stereocenters. The van der Waals surface area contributed by atoms with Gasteiger partial charge in [-0.3, -0.25) is 0 Å². The summed E-state index contributed by atoms with van der Waals surface area (Å²) in [6.45, 7) is 0. The Labute approximate surface area is 160 Å². The number of nitrogens with zero attached hydrogens (tertiary/aromatic N) is 3. The van der Waals surface area contributed by atoms with Crippen molar-refractivity contribution in [3.05, 3.63) is 60.1 Å². The molecular weight excluding hydrogens is 369 g/mol. The summed E-state index contributed by atoms with van der Waals surface area (Å²) in [4.78, 5) is 7.72. The summed E-state index contributed by atoms with van der Waals surface area (Å²) < 4.78 is 42.1. The Balaban J connectivity index is 1.48. The van der Waals surface area contributed by atoms with Gasteiger partial charge in [-0.1, -0.05) is 48.3 Å². The monoisotopic (exact) mass is 388 g/mol. The number of halogens is 3. The number of rotatable bonds is 4. The molecular formula is C20H19F3N4O. The van der Waals surface area contributed by atoms with Crippen molar-refractivity contribution in [2.75, 3.05) is 5.32 Å². The lowest BCUT2D eigenvalue weighted by molar-refractivity contribution is -0.159. The third-order valence-corrected chi connectivity index (χ3v) is 5.02. The molecule has 28 heavy (non-hydrogen) atoms. The first-order valence-corrected chi connectivity index (χ1v) is 9.19. The van der Waals surface area contributed by atoms with Gasteiger partial charge >= 0.3 is 12.1 Å². The molecule has 1 aliphatic rings. The van der Waals surface area contributed by atoms with E-state index in [1.54, 1.807) is 12.1 Å². The van der Waals surface area contributed by atoms with Crippen LogP contribution in [-0.4, -0.2) is 21.2 Å². The lowest BCUT2D eigenvalue weighted by atomic mass is 9.80. The van der Waals surface area contributed by atoms with Gasteiger partial charge in [-0.15, -0.1) is 0 Å². The summed E-state index contributed by atoms with van der Waals surface area (Å²) >= 11 is 0. The molecule has 4 rings (SSSR count). The van der Waals surface area contributed by atoms with Gasteiger partial charge in [0.2, 0.25) is 5.82 Å². The Hall–Kier alpha value is -2.90. The summed E-state index contributed by atoms with van der Waals surface area (Å²) in [5.74, 6) is -0.414. The van der Waals surface area contributed by atoms with Gasteiger partial charge in [-0.25, -0.2) is 4.98 Å². The van der Waals surface area contributed by atoms with Gasteiger partial charge < -0.3 is 9.84 Å². The Kier molecular flexibility index (Phi) is 5.02. The summed E-state index contributed by atoms with van der Waals surface area (Å²) in [6.07, 6.45) is 1.30. The molecule has 8 heteroatoms. The number of hydrogen-bond acceptors (Lipinski definition) is 5. The van der Waals surface area contributed by atoms with Crippen LogP contribution in [0.3, 0.4) is 0 Å². The van der Waals surface area contributed by atoms with Crippen LogP contribution in [-0.2, 0) is 6.18 Å². The summed E-state index contributed by atoms with van der Waals surface area (Å²) in [7, 11) is 0. The van der Waals surface area contributed by atoms with E-state index < -0.39 is 12.1 Å². The van der Waals surface area contributed by atoms with Crippen molar-refractivity contribution >= 4 is 5.82 Å². The highest BCUT2D eigenvalue weighted by Crippen LogP contribution is 2.35. The van der Waals surface area contributed by atoms with E-state index in [2.05, 4.69) is 37.1 Å². The molecule has 1 aliphatic carbocycles. The van der Waals surface area contributed by atoms with E-state index in [1.165, 1.54) is 18.2 Å². The molecule has 3 aromatic rings. The number of anilines is 1. The normalized spacial score (nSPS) is 20.1. The van der Waals surface area contributed by atoms with E-state index in [1.807, 2.05) is 18.2 Å². The van der Waals surface area contributed by atoms with Crippen LogP contribution in [0.1, 0.15) is 43.1 Å². The van der Waals surface area contributed by atoms with E-state index in [0.717, 1.165) is 19.3 Å². The van der Waals surface area contributed by atoms with Crippen molar-refractivity contribution in [2.45, 2.75) is 43.8 Å². The fourth-order valence-electron chi connectivity index (χ4n) is 3.66. The van der Waals surface area contributed by atoms with Crippen molar-refractivity contribution in [3.8, 4) is 11.4 Å². The zero-order chi connectivity index (χ0) is 19.6. The molecule has 1 aromatic carbocycles. The molecule has 0 spiro atoms. The van der Waals surface area contributed by atoms with Crippen LogP contribution in [0.2, 0.25) is 0 Å². The minimum atomic E-state index is -4.66. The van der Waals surface area contributed by atoms with Crippen molar-refractivity contribution in [3.63, 3.8) is 0 Å². The maximum atomic E-state index is 12.6. The molecule has 2 aromatic heterocycles. The first-order chi connectivity index (χ1) is 13.5. The van der Waals surface area contributed by atoms with Crippen LogP contribution in [0.5, 0.6) is 0 Å². The number of hydrogen-bond donors (Lipinski definition) is 1. The molecule has 0 radical (unpaired) electrons. The zero-order valence-electron chi connectivity index (χ0n) is 15.0. The third kappa shape index (κ3) is 4.00. The van der Waals surface area contributed by atoms with Crippen LogP contribution in [0.4, 0.5) is 19.0 Å². The zero-order valence-corrected chi connectivity index (χ0v) is 15.0. The maximum absolute atomic E-state index is 12.6. The Morgan fingerprint density at radius 1 is 1.00 bits per heavy atom. The first kappa shape index (κ1) is 18.5. The summed E-state index contributed by atoms with van der Waals surface area (Å²) in [5.41, 5.74) is 1.68. The van der Waals surface area contributed by atoms with Gasteiger partial charge in [0.1, 0.15) is 5.82 Å². The average Bonchev–Trinajstić information content (AvgIpc) is 3.21. The summed E-state index contributed by atoms with van der Waals surface area (Å²) in [5, 5.41) is 6.87. The molecule has 0 aliphatic heterocycles. The predicted molar refractivity (Wildman–Crippen MR) is 97.6 cm³/mol. The maximum Gasteiger partial charge on any atom is 0.471 e. The fraction of sp³-hybridized carbons (Fsp3) is 0.350. The Bertz CT molecular complexity index is 909. The largest absolute Gasteiger partial charge is 0.471 e. The molecule has 1 fully saturated rings. The fourth-order valence-corrected chi connectivity index (χ4v) is 3.66. The molecule has 0 bridgehead atoms. The SMILES string of the molecule is FC(F)(F)c1nc(-c2ccc(N[C@@H]3CCCC[C@H]3c3ccccc3)nc2)no1. The molecule has 1 N–H and O–H groups in total. The Morgan fingerprint density at radius 3 is 2.46 bits per heavy atom. The third-order valence-electron chi connectivity index (χ3n) is 5.02. The molecule has 0 unspecified atom stereocenters. The predicted octanol–water partition coefficient (Wildman–Crippen LogP) is 5.29. The van der Waals surface area contributed by atoms with Crippen LogP contribution in [0.15, 0.2) is 53.2 Å². The number of alkyl halides is 3. The molecule has 2 heterocycles. The van der Waals surface area contributed by atoms with Crippen LogP contribution in [0, 0.1) is 0 Å². The van der Waals surface area contributed by atoms with Gasteiger partial charge in [-0.05, 0) is 30.5 Å². The van der Waals surface area contributed by atoms with Crippen LogP contribution >= 0.6 is 0 Å². The van der Waals surface area contributed by atoms with Crippen molar-refractivity contribution < 1.29 is 17.7 Å². The van der Waals surface area contributed by atoms with E-state index in [9.17, 15) is 13.2 Å². The highest BCUT2D eigenvalue weighted by Gasteiger charge is 2.38. The Morgan fingerprint density at radius 2 is 1.79 bits per heavy atom. The van der Waals surface area contributed by atoms with Gasteiger partial charge in [0.15, 0.2) is 0 Å². The van der Waals surface area contributed by atoms with E-state index in [4.69, 9.17) is 0 Å². The lowest BCUT2D eigenvalue weighted by Crippen LogP contribution is -2.31. The second-order valence-electron chi connectivity index (χ2n) is 6.91. The quantitative estimate of drug-likeness (QED) is 0.658. The number of aromatic nitrogens is 3. The second kappa shape index (κ2) is 7.61. The van der Waals surface area contributed by atoms with Crippen LogP contribution < -0.4 is 5.32 Å². The highest BCUT2D eigenvalue weighted by molar-refractivity contribution is 5.55. The molecule has 146 valence electrons. The topological polar surface area (TPSA) is 63.8 Å². The van der Waals surface area contributed by atoms with Gasteiger partial charge in [-0.2, -0.15) is 18.2 Å². The van der Waals surface area contributed by atoms with Gasteiger partial charge in [0.25, 0.3) is 0 Å². The van der Waals surface area contributed by atoms with E-state index in [-0.39, 0.29) is 11.9 Å². The molecule has 5 nitrogen and oxygen atoms in total. The van der Waals surface area contributed by atoms with Gasteiger partial charge in [0, 0.05) is 23.7 Å². The second-order valence-corrected chi connectivity index (χ2v) is 6.91. The average molecular weight is 388 g/mol. The van der Waals surface area contributed by atoms with E-state index in [0.29, 0.717) is 17.3 Å². The van der Waals surface area contributed by atoms with Gasteiger partial charge in [0.05, 0.1) is 0 Å². The van der Waals surface area contributed by atoms with Crippen molar-refractivity contribution in [1.29, 1.82) is 0 Å². The van der Waals surface area contributed by atoms with E-state index >= 15 is 0 Å². The molecule has 0 amide bonds. The highest BCUT2D eigenvalue weighted by atomic mass is 19.4. The van der Waals surface area contributed by atoms with Crippen LogP contribution in [0.25, 0.3) is 11.4 Å². The van der Waals surface area contributed by atoms with Crippen molar-refractivity contribution in [2.24, 2.45) is 0 Å². The summed E-state index contributed by atoms with van der Waals surface area (Å²) in [6, 6.07) is 14.0. The van der Waals surface area contributed by atoms with Crippen molar-refractivity contribution in [1.82, 2.24) is 15.1 Å². The number of benzene rings is 1. The smallest absolute Gasteiger partial charge is 0.367 e. The minimum Gasteiger partial charge on any atom is -0.367 e. The molecule has 0 saturated heterocycles. The minimum absolute atomic E-state index is 0.133. The standard InChI is InChI=1S/C20H19F3N4O/c21-20(22,23)19-26-18(27-28-19)14-10-11-17(24-12-14)25-16-9-5-4-8-15(16)13-6-2-1-3-7-13/h1-3,6-7,10-12,15-16H,4-5,8-9H2,(H,24,25)/t15-,16+/m0/s1. The number of nitrogens with one attached hydrogen (secondary N) is 1. The molecule has 1 saturated carbocycles. The first-order valence-electron chi connectivity index (χ1n) is 9.19.